The fourth-order valence-corrected chi connectivity index (χ4v) is 3.09. The number of aromatic nitrogens is 3. The van der Waals surface area contributed by atoms with E-state index in [0.29, 0.717) is 23.9 Å². The smallest absolute Gasteiger partial charge is 0.137 e. The first-order valence-electron chi connectivity index (χ1n) is 6.92. The second kappa shape index (κ2) is 5.52. The molecule has 0 aliphatic heterocycles. The topological polar surface area (TPSA) is 30.7 Å². The number of pyridine rings is 1. The van der Waals surface area contributed by atoms with Crippen molar-refractivity contribution in [2.45, 2.75) is 38.9 Å². The van der Waals surface area contributed by atoms with Crippen LogP contribution in [0.15, 0.2) is 24.5 Å². The van der Waals surface area contributed by atoms with Crippen LogP contribution in [-0.2, 0) is 6.54 Å². The Morgan fingerprint density at radius 1 is 1.40 bits per heavy atom. The van der Waals surface area contributed by atoms with Gasteiger partial charge in [-0.15, -0.1) is 0 Å². The summed E-state index contributed by atoms with van der Waals surface area (Å²) in [7, 11) is 0. The third-order valence-electron chi connectivity index (χ3n) is 3.85. The van der Waals surface area contributed by atoms with Crippen LogP contribution in [0.25, 0.3) is 11.1 Å². The van der Waals surface area contributed by atoms with Crippen molar-refractivity contribution in [2.24, 2.45) is 5.92 Å². The highest BCUT2D eigenvalue weighted by molar-refractivity contribution is 6.32. The van der Waals surface area contributed by atoms with Crippen LogP contribution in [0.5, 0.6) is 0 Å². The van der Waals surface area contributed by atoms with Crippen LogP contribution >= 0.6 is 11.6 Å². The Morgan fingerprint density at radius 3 is 2.95 bits per heavy atom. The lowest BCUT2D eigenvalue weighted by molar-refractivity contribution is 0.320. The Labute approximate surface area is 122 Å². The van der Waals surface area contributed by atoms with Crippen molar-refractivity contribution < 1.29 is 4.39 Å². The SMILES string of the molecule is Cc1ccc(-c2cnn(C[C@H]3CC[C@H](F)C3)c2)c(Cl)n1. The zero-order valence-corrected chi connectivity index (χ0v) is 12.1. The van der Waals surface area contributed by atoms with Gasteiger partial charge in [-0.3, -0.25) is 4.68 Å². The Kier molecular flexibility index (Phi) is 3.74. The van der Waals surface area contributed by atoms with Gasteiger partial charge < -0.3 is 0 Å². The van der Waals surface area contributed by atoms with Crippen LogP contribution in [0.4, 0.5) is 4.39 Å². The molecular formula is C15H17ClFN3. The van der Waals surface area contributed by atoms with Crippen molar-refractivity contribution in [3.63, 3.8) is 0 Å². The fourth-order valence-electron chi connectivity index (χ4n) is 2.79. The zero-order chi connectivity index (χ0) is 14.1. The van der Waals surface area contributed by atoms with Crippen molar-refractivity contribution >= 4 is 11.6 Å². The summed E-state index contributed by atoms with van der Waals surface area (Å²) in [5.41, 5.74) is 2.74. The molecule has 20 heavy (non-hydrogen) atoms. The van der Waals surface area contributed by atoms with Gasteiger partial charge in [-0.25, -0.2) is 9.37 Å². The maximum Gasteiger partial charge on any atom is 0.137 e. The Hall–Kier alpha value is -1.42. The second-order valence-corrected chi connectivity index (χ2v) is 5.88. The molecule has 0 bridgehead atoms. The molecule has 2 aromatic rings. The lowest BCUT2D eigenvalue weighted by atomic mass is 10.1. The molecule has 1 fully saturated rings. The zero-order valence-electron chi connectivity index (χ0n) is 11.4. The van der Waals surface area contributed by atoms with E-state index < -0.39 is 6.17 Å². The van der Waals surface area contributed by atoms with Crippen LogP contribution in [0.3, 0.4) is 0 Å². The van der Waals surface area contributed by atoms with Crippen molar-refractivity contribution in [1.29, 1.82) is 0 Å². The van der Waals surface area contributed by atoms with E-state index in [1.54, 1.807) is 6.20 Å². The molecule has 0 radical (unpaired) electrons. The minimum absolute atomic E-state index is 0.393. The van der Waals surface area contributed by atoms with E-state index in [2.05, 4.69) is 10.1 Å². The molecule has 3 rings (SSSR count). The van der Waals surface area contributed by atoms with Crippen LogP contribution < -0.4 is 0 Å². The quantitative estimate of drug-likeness (QED) is 0.800. The minimum Gasteiger partial charge on any atom is -0.272 e. The molecule has 1 saturated carbocycles. The van der Waals surface area contributed by atoms with Crippen LogP contribution in [0, 0.1) is 12.8 Å². The first-order chi connectivity index (χ1) is 9.61. The summed E-state index contributed by atoms with van der Waals surface area (Å²) in [5, 5.41) is 4.85. The van der Waals surface area contributed by atoms with Gasteiger partial charge in [0.15, 0.2) is 0 Å². The molecule has 0 saturated heterocycles. The van der Waals surface area contributed by atoms with Crippen molar-refractivity contribution in [1.82, 2.24) is 14.8 Å². The van der Waals surface area contributed by atoms with Gasteiger partial charge in [0.2, 0.25) is 0 Å². The third-order valence-corrected chi connectivity index (χ3v) is 4.14. The standard InChI is InChI=1S/C15H17ClFN3/c1-10-2-5-14(15(16)19-10)12-7-18-20(9-12)8-11-3-4-13(17)6-11/h2,5,7,9,11,13H,3-4,6,8H2,1H3/t11-,13-/m0/s1. The molecule has 0 amide bonds. The monoisotopic (exact) mass is 293 g/mol. The Bertz CT molecular complexity index is 611. The summed E-state index contributed by atoms with van der Waals surface area (Å²) < 4.78 is 15.1. The van der Waals surface area contributed by atoms with Crippen molar-refractivity contribution in [3.8, 4) is 11.1 Å². The predicted octanol–water partition coefficient (Wildman–Crippen LogP) is 4.05. The molecule has 3 nitrogen and oxygen atoms in total. The average molecular weight is 294 g/mol. The van der Waals surface area contributed by atoms with E-state index in [-0.39, 0.29) is 0 Å². The third kappa shape index (κ3) is 2.85. The summed E-state index contributed by atoms with van der Waals surface area (Å²) in [6.07, 6.45) is 5.41. The molecule has 0 spiro atoms. The average Bonchev–Trinajstić information content (AvgIpc) is 2.99. The number of nitrogens with zero attached hydrogens (tertiary/aromatic N) is 3. The highest BCUT2D eigenvalue weighted by Crippen LogP contribution is 2.30. The first-order valence-corrected chi connectivity index (χ1v) is 7.29. The molecule has 106 valence electrons. The van der Waals surface area contributed by atoms with Gasteiger partial charge >= 0.3 is 0 Å². The molecule has 2 aromatic heterocycles. The molecule has 1 aliphatic rings. The molecule has 0 aromatic carbocycles. The molecule has 2 heterocycles. The first kappa shape index (κ1) is 13.6. The van der Waals surface area contributed by atoms with Crippen molar-refractivity contribution in [3.05, 3.63) is 35.4 Å². The lowest BCUT2D eigenvalue weighted by Crippen LogP contribution is -2.08. The highest BCUT2D eigenvalue weighted by Gasteiger charge is 2.24. The molecule has 1 aliphatic carbocycles. The molecule has 0 N–H and O–H groups in total. The summed E-state index contributed by atoms with van der Waals surface area (Å²) in [4.78, 5) is 4.25. The Morgan fingerprint density at radius 2 is 2.25 bits per heavy atom. The number of aryl methyl sites for hydroxylation is 1. The Balaban J connectivity index is 1.76. The van der Waals surface area contributed by atoms with Crippen LogP contribution in [0.2, 0.25) is 5.15 Å². The number of hydrogen-bond donors (Lipinski definition) is 0. The summed E-state index contributed by atoms with van der Waals surface area (Å²) in [6, 6.07) is 3.89. The van der Waals surface area contributed by atoms with E-state index in [9.17, 15) is 4.39 Å². The van der Waals surface area contributed by atoms with E-state index in [1.807, 2.05) is 29.9 Å². The van der Waals surface area contributed by atoms with Gasteiger partial charge in [-0.05, 0) is 44.2 Å². The van der Waals surface area contributed by atoms with Crippen LogP contribution in [0.1, 0.15) is 25.0 Å². The van der Waals surface area contributed by atoms with Crippen LogP contribution in [-0.4, -0.2) is 20.9 Å². The molecule has 2 atom stereocenters. The van der Waals surface area contributed by atoms with Gasteiger partial charge in [-0.1, -0.05) is 11.6 Å². The maximum absolute atomic E-state index is 13.2. The van der Waals surface area contributed by atoms with Gasteiger partial charge in [0.1, 0.15) is 11.3 Å². The number of rotatable bonds is 3. The fraction of sp³-hybridized carbons (Fsp3) is 0.467. The molecule has 5 heteroatoms. The minimum atomic E-state index is -0.634. The predicted molar refractivity (Wildman–Crippen MR) is 77.4 cm³/mol. The lowest BCUT2D eigenvalue weighted by Gasteiger charge is -2.08. The summed E-state index contributed by atoms with van der Waals surface area (Å²) in [6.45, 7) is 2.68. The molecular weight excluding hydrogens is 277 g/mol. The van der Waals surface area contributed by atoms with E-state index in [1.165, 1.54) is 0 Å². The number of halogens is 2. The van der Waals surface area contributed by atoms with E-state index in [0.717, 1.165) is 29.8 Å². The summed E-state index contributed by atoms with van der Waals surface area (Å²) >= 11 is 6.16. The van der Waals surface area contributed by atoms with Gasteiger partial charge in [-0.2, -0.15) is 5.10 Å². The molecule has 0 unspecified atom stereocenters. The number of alkyl halides is 1. The summed E-state index contributed by atoms with van der Waals surface area (Å²) in [5.74, 6) is 0.393. The van der Waals surface area contributed by atoms with Gasteiger partial charge in [0.25, 0.3) is 0 Å². The number of hydrogen-bond acceptors (Lipinski definition) is 2. The van der Waals surface area contributed by atoms with E-state index in [4.69, 9.17) is 11.6 Å². The largest absolute Gasteiger partial charge is 0.272 e. The normalized spacial score (nSPS) is 22.4. The van der Waals surface area contributed by atoms with E-state index >= 15 is 0 Å². The van der Waals surface area contributed by atoms with Gasteiger partial charge in [0.05, 0.1) is 6.20 Å². The van der Waals surface area contributed by atoms with Gasteiger partial charge in [0, 0.05) is 29.6 Å². The second-order valence-electron chi connectivity index (χ2n) is 5.52. The highest BCUT2D eigenvalue weighted by atomic mass is 35.5. The maximum atomic E-state index is 13.2. The van der Waals surface area contributed by atoms with Crippen molar-refractivity contribution in [2.75, 3.05) is 0 Å².